The Labute approximate surface area is 115 Å². The highest BCUT2D eigenvalue weighted by Crippen LogP contribution is 2.29. The number of piperidine rings is 1. The lowest BCUT2D eigenvalue weighted by Crippen LogP contribution is -2.57. The Hall–Kier alpha value is -2.09. The number of nitrogens with one attached hydrogen (secondary N) is 2. The van der Waals surface area contributed by atoms with Gasteiger partial charge in [0.1, 0.15) is 12.4 Å². The highest BCUT2D eigenvalue weighted by Gasteiger charge is 2.39. The third kappa shape index (κ3) is 2.46. The van der Waals surface area contributed by atoms with Gasteiger partial charge in [0.25, 0.3) is 5.56 Å². The Morgan fingerprint density at radius 2 is 2.10 bits per heavy atom. The van der Waals surface area contributed by atoms with Crippen LogP contribution in [-0.2, 0) is 9.53 Å². The van der Waals surface area contributed by atoms with Crippen molar-refractivity contribution in [2.45, 2.75) is 18.4 Å². The molecule has 3 heterocycles. The summed E-state index contributed by atoms with van der Waals surface area (Å²) in [7, 11) is 0. The van der Waals surface area contributed by atoms with Crippen molar-refractivity contribution in [3.8, 4) is 0 Å². The van der Waals surface area contributed by atoms with Crippen LogP contribution in [0.1, 0.15) is 12.8 Å². The molecule has 3 rings (SSSR count). The van der Waals surface area contributed by atoms with E-state index in [2.05, 4.69) is 15.3 Å². The number of H-pyrrole nitrogens is 1. The van der Waals surface area contributed by atoms with Crippen LogP contribution in [0.15, 0.2) is 10.9 Å². The molecule has 2 aliphatic heterocycles. The molecule has 1 aromatic heterocycles. The molecule has 1 spiro atoms. The predicted octanol–water partition coefficient (Wildman–Crippen LogP) is -1.16. The molecule has 0 aromatic carbocycles. The highest BCUT2D eigenvalue weighted by molar-refractivity contribution is 5.78. The second kappa shape index (κ2) is 4.78. The van der Waals surface area contributed by atoms with Crippen molar-refractivity contribution in [1.29, 1.82) is 0 Å². The van der Waals surface area contributed by atoms with E-state index in [1.807, 2.05) is 4.90 Å². The molecule has 20 heavy (non-hydrogen) atoms. The third-order valence-corrected chi connectivity index (χ3v) is 3.86. The Morgan fingerprint density at radius 3 is 2.70 bits per heavy atom. The van der Waals surface area contributed by atoms with E-state index in [1.54, 1.807) is 0 Å². The number of ether oxygens (including phenoxy) is 1. The summed E-state index contributed by atoms with van der Waals surface area (Å²) in [6.45, 7) is 2.10. The van der Waals surface area contributed by atoms with Gasteiger partial charge in [0.2, 0.25) is 11.9 Å². The van der Waals surface area contributed by atoms with E-state index < -0.39 is 0 Å². The summed E-state index contributed by atoms with van der Waals surface area (Å²) in [6, 6.07) is 1.44. The summed E-state index contributed by atoms with van der Waals surface area (Å²) < 4.78 is 5.70. The fourth-order valence-corrected chi connectivity index (χ4v) is 2.67. The van der Waals surface area contributed by atoms with E-state index in [9.17, 15) is 9.59 Å². The number of nitrogens with two attached hydrogens (primary N) is 1. The van der Waals surface area contributed by atoms with Gasteiger partial charge >= 0.3 is 0 Å². The van der Waals surface area contributed by atoms with Gasteiger partial charge in [-0.05, 0) is 12.8 Å². The molecule has 8 heteroatoms. The minimum Gasteiger partial charge on any atom is -0.369 e. The van der Waals surface area contributed by atoms with Crippen LogP contribution in [0.2, 0.25) is 0 Å². The standard InChI is InChI=1S/C12H17N5O3/c13-11-15-8(5-9(18)16-11)17-3-1-12(2-4-17)7-14-10(19)6-20-12/h5H,1-4,6-7H2,(H,14,19)(H3,13,15,16,18). The largest absolute Gasteiger partial charge is 0.369 e. The number of hydrogen-bond donors (Lipinski definition) is 3. The van der Waals surface area contributed by atoms with Crippen LogP contribution < -0.4 is 21.5 Å². The van der Waals surface area contributed by atoms with Crippen molar-refractivity contribution in [2.75, 3.05) is 36.9 Å². The first-order valence-corrected chi connectivity index (χ1v) is 6.59. The Bertz CT molecular complexity index is 565. The van der Waals surface area contributed by atoms with Gasteiger partial charge in [0.15, 0.2) is 0 Å². The summed E-state index contributed by atoms with van der Waals surface area (Å²) in [4.78, 5) is 31.1. The lowest BCUT2D eigenvalue weighted by Gasteiger charge is -2.43. The molecule has 0 aliphatic carbocycles. The zero-order chi connectivity index (χ0) is 14.2. The van der Waals surface area contributed by atoms with Crippen LogP contribution >= 0.6 is 0 Å². The molecule has 2 saturated heterocycles. The Balaban J connectivity index is 1.69. The SMILES string of the molecule is Nc1nc(N2CCC3(CC2)CNC(=O)CO3)cc(=O)[nH]1. The van der Waals surface area contributed by atoms with Crippen molar-refractivity contribution < 1.29 is 9.53 Å². The molecule has 4 N–H and O–H groups in total. The Morgan fingerprint density at radius 1 is 1.35 bits per heavy atom. The topological polar surface area (TPSA) is 113 Å². The molecular formula is C12H17N5O3. The molecule has 0 unspecified atom stereocenters. The first-order valence-electron chi connectivity index (χ1n) is 6.59. The lowest BCUT2D eigenvalue weighted by molar-refractivity contribution is -0.146. The molecule has 108 valence electrons. The lowest BCUT2D eigenvalue weighted by atomic mass is 9.90. The number of nitrogens with zero attached hydrogens (tertiary/aromatic N) is 2. The fraction of sp³-hybridized carbons (Fsp3) is 0.583. The average Bonchev–Trinajstić information content (AvgIpc) is 2.42. The number of morpholine rings is 1. The minimum absolute atomic E-state index is 0.0675. The van der Waals surface area contributed by atoms with Gasteiger partial charge in [0, 0.05) is 25.7 Å². The number of aromatic nitrogens is 2. The van der Waals surface area contributed by atoms with E-state index in [0.717, 1.165) is 12.8 Å². The molecule has 0 radical (unpaired) electrons. The van der Waals surface area contributed by atoms with E-state index in [-0.39, 0.29) is 29.6 Å². The van der Waals surface area contributed by atoms with Crippen LogP contribution in [0.4, 0.5) is 11.8 Å². The number of hydrogen-bond acceptors (Lipinski definition) is 6. The van der Waals surface area contributed by atoms with Gasteiger partial charge in [-0.1, -0.05) is 0 Å². The highest BCUT2D eigenvalue weighted by atomic mass is 16.5. The van der Waals surface area contributed by atoms with E-state index in [0.29, 0.717) is 25.5 Å². The number of aromatic amines is 1. The van der Waals surface area contributed by atoms with Crippen LogP contribution in [-0.4, -0.2) is 47.7 Å². The van der Waals surface area contributed by atoms with Gasteiger partial charge in [-0.15, -0.1) is 0 Å². The number of amides is 1. The summed E-state index contributed by atoms with van der Waals surface area (Å²) in [5.74, 6) is 0.636. The van der Waals surface area contributed by atoms with Crippen molar-refractivity contribution in [3.63, 3.8) is 0 Å². The smallest absolute Gasteiger partial charge is 0.254 e. The number of carbonyl (C=O) groups excluding carboxylic acids is 1. The second-order valence-corrected chi connectivity index (χ2v) is 5.22. The number of carbonyl (C=O) groups is 1. The van der Waals surface area contributed by atoms with Gasteiger partial charge in [0.05, 0.1) is 5.60 Å². The second-order valence-electron chi connectivity index (χ2n) is 5.22. The molecule has 1 aromatic rings. The predicted molar refractivity (Wildman–Crippen MR) is 72.4 cm³/mol. The zero-order valence-electron chi connectivity index (χ0n) is 11.0. The number of rotatable bonds is 1. The number of nitrogen functional groups attached to an aromatic ring is 1. The Kier molecular flexibility index (Phi) is 3.09. The zero-order valence-corrected chi connectivity index (χ0v) is 11.0. The fourth-order valence-electron chi connectivity index (χ4n) is 2.67. The molecule has 2 aliphatic rings. The van der Waals surface area contributed by atoms with Crippen LogP contribution in [0.3, 0.4) is 0 Å². The van der Waals surface area contributed by atoms with Gasteiger partial charge in [-0.25, -0.2) is 0 Å². The minimum atomic E-state index is -0.281. The summed E-state index contributed by atoms with van der Waals surface area (Å²) in [5, 5.41) is 2.84. The molecule has 0 bridgehead atoms. The van der Waals surface area contributed by atoms with Crippen molar-refractivity contribution in [3.05, 3.63) is 16.4 Å². The van der Waals surface area contributed by atoms with Gasteiger partial charge < -0.3 is 20.7 Å². The van der Waals surface area contributed by atoms with Crippen molar-refractivity contribution in [1.82, 2.24) is 15.3 Å². The van der Waals surface area contributed by atoms with Gasteiger partial charge in [-0.2, -0.15) is 4.98 Å². The molecule has 0 atom stereocenters. The monoisotopic (exact) mass is 279 g/mol. The molecular weight excluding hydrogens is 262 g/mol. The number of anilines is 2. The molecule has 1 amide bonds. The normalized spacial score (nSPS) is 21.8. The third-order valence-electron chi connectivity index (χ3n) is 3.86. The van der Waals surface area contributed by atoms with Crippen molar-refractivity contribution >= 4 is 17.7 Å². The maximum atomic E-state index is 11.4. The maximum absolute atomic E-state index is 11.4. The summed E-state index contributed by atoms with van der Waals surface area (Å²) in [5.41, 5.74) is 5.02. The van der Waals surface area contributed by atoms with E-state index >= 15 is 0 Å². The molecule has 2 fully saturated rings. The molecule has 8 nitrogen and oxygen atoms in total. The first kappa shape index (κ1) is 12.9. The quantitative estimate of drug-likeness (QED) is 0.597. The van der Waals surface area contributed by atoms with E-state index in [4.69, 9.17) is 10.5 Å². The average molecular weight is 279 g/mol. The van der Waals surface area contributed by atoms with Crippen molar-refractivity contribution in [2.24, 2.45) is 0 Å². The maximum Gasteiger partial charge on any atom is 0.254 e. The summed E-state index contributed by atoms with van der Waals surface area (Å²) in [6.07, 6.45) is 1.56. The van der Waals surface area contributed by atoms with Crippen LogP contribution in [0.5, 0.6) is 0 Å². The van der Waals surface area contributed by atoms with Gasteiger partial charge in [-0.3, -0.25) is 14.6 Å². The first-order chi connectivity index (χ1) is 9.56. The van der Waals surface area contributed by atoms with E-state index in [1.165, 1.54) is 6.07 Å². The molecule has 0 saturated carbocycles. The van der Waals surface area contributed by atoms with Crippen LogP contribution in [0, 0.1) is 0 Å². The summed E-state index contributed by atoms with van der Waals surface area (Å²) >= 11 is 0. The van der Waals surface area contributed by atoms with Crippen LogP contribution in [0.25, 0.3) is 0 Å².